The lowest BCUT2D eigenvalue weighted by Gasteiger charge is -2.37. The van der Waals surface area contributed by atoms with Gasteiger partial charge in [0.15, 0.2) is 0 Å². The molecule has 0 aromatic carbocycles. The summed E-state index contributed by atoms with van der Waals surface area (Å²) < 4.78 is 10.7. The second-order valence-corrected chi connectivity index (χ2v) is 6.87. The lowest BCUT2D eigenvalue weighted by molar-refractivity contribution is -0.155. The smallest absolute Gasteiger partial charge is 0.307 e. The summed E-state index contributed by atoms with van der Waals surface area (Å²) in [7, 11) is 3.38. The Balaban J connectivity index is 1.68. The van der Waals surface area contributed by atoms with E-state index in [4.69, 9.17) is 9.47 Å². The Morgan fingerprint density at radius 1 is 1.46 bits per heavy atom. The van der Waals surface area contributed by atoms with Crippen molar-refractivity contribution in [1.82, 2.24) is 15.1 Å². The monoisotopic (exact) mass is 335 g/mol. The molecule has 1 aromatic rings. The molecule has 2 heterocycles. The summed E-state index contributed by atoms with van der Waals surface area (Å²) in [5, 5.41) is 7.07. The van der Waals surface area contributed by atoms with Crippen molar-refractivity contribution in [2.45, 2.75) is 57.3 Å². The molecule has 7 nitrogen and oxygen atoms in total. The normalized spacial score (nSPS) is 22.6. The first-order chi connectivity index (χ1) is 11.5. The summed E-state index contributed by atoms with van der Waals surface area (Å²) in [5.74, 6) is -0.630. The van der Waals surface area contributed by atoms with Crippen LogP contribution in [0.25, 0.3) is 0 Å². The highest BCUT2D eigenvalue weighted by molar-refractivity contribution is 5.87. The Morgan fingerprint density at radius 3 is 2.92 bits per heavy atom. The molecular weight excluding hydrogens is 310 g/mol. The maximum Gasteiger partial charge on any atom is 0.307 e. The molecule has 1 aromatic heterocycles. The zero-order valence-corrected chi connectivity index (χ0v) is 14.3. The highest BCUT2D eigenvalue weighted by Gasteiger charge is 2.53. The lowest BCUT2D eigenvalue weighted by atomic mass is 9.75. The second kappa shape index (κ2) is 6.93. The van der Waals surface area contributed by atoms with E-state index in [1.54, 1.807) is 19.1 Å². The fourth-order valence-electron chi connectivity index (χ4n) is 3.92. The summed E-state index contributed by atoms with van der Waals surface area (Å²) in [6.07, 6.45) is 4.97. The molecule has 0 radical (unpaired) electrons. The van der Waals surface area contributed by atoms with Crippen molar-refractivity contribution in [2.75, 3.05) is 14.2 Å². The van der Waals surface area contributed by atoms with E-state index in [1.165, 1.54) is 0 Å². The number of aromatic nitrogens is 2. The van der Waals surface area contributed by atoms with Gasteiger partial charge in [0.05, 0.1) is 36.9 Å². The van der Waals surface area contributed by atoms with Crippen LogP contribution in [0.4, 0.5) is 0 Å². The van der Waals surface area contributed by atoms with Crippen LogP contribution >= 0.6 is 0 Å². The van der Waals surface area contributed by atoms with Crippen LogP contribution in [0.3, 0.4) is 0 Å². The number of nitrogens with one attached hydrogen (secondary N) is 1. The molecule has 24 heavy (non-hydrogen) atoms. The van der Waals surface area contributed by atoms with Crippen molar-refractivity contribution in [3.8, 4) is 0 Å². The Labute approximate surface area is 141 Å². The van der Waals surface area contributed by atoms with Crippen molar-refractivity contribution >= 4 is 11.9 Å². The molecule has 0 bridgehead atoms. The van der Waals surface area contributed by atoms with E-state index < -0.39 is 5.60 Å². The summed E-state index contributed by atoms with van der Waals surface area (Å²) in [6, 6.07) is 1.89. The fraction of sp³-hybridized carbons (Fsp3) is 0.706. The highest BCUT2D eigenvalue weighted by Crippen LogP contribution is 2.44. The number of aromatic amines is 1. The second-order valence-electron chi connectivity index (χ2n) is 6.87. The van der Waals surface area contributed by atoms with Gasteiger partial charge in [-0.2, -0.15) is 5.10 Å². The van der Waals surface area contributed by atoms with Gasteiger partial charge in [0.25, 0.3) is 0 Å². The van der Waals surface area contributed by atoms with E-state index in [2.05, 4.69) is 10.2 Å². The minimum Gasteiger partial charge on any atom is -0.458 e. The predicted molar refractivity (Wildman–Crippen MR) is 85.8 cm³/mol. The van der Waals surface area contributed by atoms with Gasteiger partial charge in [-0.1, -0.05) is 6.42 Å². The number of hydrogen-bond donors (Lipinski definition) is 1. The molecule has 1 atom stereocenters. The Morgan fingerprint density at radius 2 is 2.21 bits per heavy atom. The van der Waals surface area contributed by atoms with Crippen molar-refractivity contribution in [2.24, 2.45) is 5.92 Å². The van der Waals surface area contributed by atoms with Crippen LogP contribution in [-0.2, 0) is 32.2 Å². The zero-order chi connectivity index (χ0) is 17.2. The first-order valence-corrected chi connectivity index (χ1v) is 8.53. The maximum absolute atomic E-state index is 12.9. The zero-order valence-electron chi connectivity index (χ0n) is 14.3. The molecule has 3 rings (SSSR count). The van der Waals surface area contributed by atoms with Crippen molar-refractivity contribution < 1.29 is 19.1 Å². The number of hydrogen-bond acceptors (Lipinski definition) is 5. The number of methoxy groups -OCH3 is 1. The van der Waals surface area contributed by atoms with Crippen molar-refractivity contribution in [3.05, 3.63) is 17.5 Å². The molecule has 0 unspecified atom stereocenters. The van der Waals surface area contributed by atoms with Gasteiger partial charge in [0.1, 0.15) is 5.60 Å². The number of ether oxygens (including phenoxy) is 2. The van der Waals surface area contributed by atoms with Crippen LogP contribution in [0.1, 0.15) is 49.9 Å². The molecule has 1 spiro atoms. The number of rotatable bonds is 5. The van der Waals surface area contributed by atoms with Gasteiger partial charge in [-0.15, -0.1) is 0 Å². The van der Waals surface area contributed by atoms with Gasteiger partial charge >= 0.3 is 5.97 Å². The molecule has 1 amide bonds. The first-order valence-electron chi connectivity index (χ1n) is 8.53. The van der Waals surface area contributed by atoms with Crippen molar-refractivity contribution in [3.63, 3.8) is 0 Å². The fourth-order valence-corrected chi connectivity index (χ4v) is 3.92. The molecule has 1 aliphatic heterocycles. The van der Waals surface area contributed by atoms with E-state index in [-0.39, 0.29) is 24.2 Å². The first kappa shape index (κ1) is 17.0. The quantitative estimate of drug-likeness (QED) is 0.829. The summed E-state index contributed by atoms with van der Waals surface area (Å²) in [5.41, 5.74) is 1.08. The van der Waals surface area contributed by atoms with Crippen LogP contribution in [0.2, 0.25) is 0 Å². The van der Waals surface area contributed by atoms with Gasteiger partial charge in [0, 0.05) is 14.2 Å². The Hall–Kier alpha value is -1.89. The van der Waals surface area contributed by atoms with Crippen LogP contribution < -0.4 is 0 Å². The van der Waals surface area contributed by atoms with Crippen molar-refractivity contribution in [1.29, 1.82) is 0 Å². The number of H-pyrrole nitrogens is 1. The largest absolute Gasteiger partial charge is 0.458 e. The van der Waals surface area contributed by atoms with E-state index >= 15 is 0 Å². The minimum absolute atomic E-state index is 0.0226. The maximum atomic E-state index is 12.9. The van der Waals surface area contributed by atoms with Gasteiger partial charge in [-0.3, -0.25) is 14.7 Å². The minimum atomic E-state index is -0.574. The van der Waals surface area contributed by atoms with Crippen LogP contribution in [-0.4, -0.2) is 46.7 Å². The number of carbonyl (C=O) groups is 2. The molecule has 1 aliphatic carbocycles. The molecule has 1 saturated heterocycles. The Kier molecular flexibility index (Phi) is 4.89. The topological polar surface area (TPSA) is 84.5 Å². The molecule has 7 heteroatoms. The third-order valence-corrected chi connectivity index (χ3v) is 5.08. The van der Waals surface area contributed by atoms with Gasteiger partial charge in [0.2, 0.25) is 5.91 Å². The number of carbonyl (C=O) groups excluding carboxylic acids is 2. The van der Waals surface area contributed by atoms with E-state index in [0.717, 1.165) is 43.5 Å². The molecule has 132 valence electrons. The highest BCUT2D eigenvalue weighted by atomic mass is 16.6. The number of nitrogens with zero attached hydrogens (tertiary/aromatic N) is 2. The number of amides is 1. The molecule has 1 saturated carbocycles. The molecule has 2 fully saturated rings. The van der Waals surface area contributed by atoms with Crippen LogP contribution in [0, 0.1) is 5.92 Å². The number of esters is 1. The molecule has 2 aliphatic rings. The van der Waals surface area contributed by atoms with Gasteiger partial charge in [-0.05, 0) is 31.7 Å². The lowest BCUT2D eigenvalue weighted by Crippen LogP contribution is -2.46. The van der Waals surface area contributed by atoms with Gasteiger partial charge in [-0.25, -0.2) is 0 Å². The average Bonchev–Trinajstić information content (AvgIpc) is 3.12. The van der Waals surface area contributed by atoms with Gasteiger partial charge < -0.3 is 14.4 Å². The van der Waals surface area contributed by atoms with E-state index in [1.807, 2.05) is 6.07 Å². The summed E-state index contributed by atoms with van der Waals surface area (Å²) in [4.78, 5) is 26.5. The Bertz CT molecular complexity index is 607. The van der Waals surface area contributed by atoms with E-state index in [9.17, 15) is 9.59 Å². The molecule has 1 N–H and O–H groups in total. The standard InChI is InChI=1S/C17H25N3O4/c1-20(10-12-8-13(11-23-2)19-18-12)16(22)14-9-15(21)24-17(14)6-4-3-5-7-17/h8,14H,3-7,9-11H2,1-2H3,(H,18,19)/t14-/m1/s1. The summed E-state index contributed by atoms with van der Waals surface area (Å²) >= 11 is 0. The van der Waals surface area contributed by atoms with Crippen LogP contribution in [0.15, 0.2) is 6.07 Å². The average molecular weight is 335 g/mol. The predicted octanol–water partition coefficient (Wildman–Crippen LogP) is 1.78. The third-order valence-electron chi connectivity index (χ3n) is 5.08. The summed E-state index contributed by atoms with van der Waals surface area (Å²) in [6.45, 7) is 0.860. The van der Waals surface area contributed by atoms with Crippen LogP contribution in [0.5, 0.6) is 0 Å². The third kappa shape index (κ3) is 3.31. The SMILES string of the molecule is COCc1cc(CN(C)C(=O)[C@H]2CC(=O)OC23CCCCC3)[nH]n1. The molecular formula is C17H25N3O4. The van der Waals surface area contributed by atoms with E-state index in [0.29, 0.717) is 13.2 Å².